The van der Waals surface area contributed by atoms with Gasteiger partial charge in [0, 0.05) is 6.42 Å². The summed E-state index contributed by atoms with van der Waals surface area (Å²) in [5, 5.41) is 0. The van der Waals surface area contributed by atoms with E-state index in [0.29, 0.717) is 12.3 Å². The lowest BCUT2D eigenvalue weighted by Crippen LogP contribution is -2.09. The van der Waals surface area contributed by atoms with Gasteiger partial charge in [0.1, 0.15) is 11.5 Å². The number of nitrogens with one attached hydrogen (secondary N) is 1. The van der Waals surface area contributed by atoms with Gasteiger partial charge in [0.05, 0.1) is 12.3 Å². The van der Waals surface area contributed by atoms with Crippen molar-refractivity contribution in [2.24, 2.45) is 0 Å². The topological polar surface area (TPSA) is 55.0 Å². The fourth-order valence-corrected chi connectivity index (χ4v) is 1.57. The van der Waals surface area contributed by atoms with Crippen LogP contribution in [0.3, 0.4) is 0 Å². The Labute approximate surface area is 96.4 Å². The van der Waals surface area contributed by atoms with Crippen LogP contribution in [0.25, 0.3) is 0 Å². The molecule has 0 fully saturated rings. The van der Waals surface area contributed by atoms with E-state index in [4.69, 9.17) is 4.74 Å². The molecule has 4 heteroatoms. The quantitative estimate of drug-likeness (QED) is 0.782. The summed E-state index contributed by atoms with van der Waals surface area (Å²) < 4.78 is 5.00. The predicted octanol–water partition coefficient (Wildman–Crippen LogP) is 2.66. The maximum atomic E-state index is 11.7. The van der Waals surface area contributed by atoms with Crippen LogP contribution in [-0.2, 0) is 11.2 Å². The van der Waals surface area contributed by atoms with Crippen molar-refractivity contribution in [1.82, 2.24) is 9.97 Å². The van der Waals surface area contributed by atoms with E-state index in [1.807, 2.05) is 13.8 Å². The third-order valence-corrected chi connectivity index (χ3v) is 2.29. The molecule has 0 aliphatic rings. The van der Waals surface area contributed by atoms with Crippen LogP contribution in [0.2, 0.25) is 0 Å². The Hall–Kier alpha value is -1.32. The van der Waals surface area contributed by atoms with Gasteiger partial charge in [0.25, 0.3) is 0 Å². The highest BCUT2D eigenvalue weighted by atomic mass is 16.5. The van der Waals surface area contributed by atoms with Gasteiger partial charge in [-0.05, 0) is 19.3 Å². The van der Waals surface area contributed by atoms with Crippen molar-refractivity contribution in [2.75, 3.05) is 6.61 Å². The zero-order valence-corrected chi connectivity index (χ0v) is 10.5. The van der Waals surface area contributed by atoms with Gasteiger partial charge in [-0.15, -0.1) is 0 Å². The highest BCUT2D eigenvalue weighted by molar-refractivity contribution is 5.88. The number of aromatic nitrogens is 2. The van der Waals surface area contributed by atoms with Crippen molar-refractivity contribution < 1.29 is 9.53 Å². The largest absolute Gasteiger partial charge is 0.461 e. The molecule has 0 saturated carbocycles. The van der Waals surface area contributed by atoms with Gasteiger partial charge in [-0.1, -0.05) is 20.8 Å². The van der Waals surface area contributed by atoms with Gasteiger partial charge < -0.3 is 9.72 Å². The average molecular weight is 224 g/mol. The number of rotatable bonds is 5. The Morgan fingerprint density at radius 2 is 2.12 bits per heavy atom. The van der Waals surface area contributed by atoms with Crippen molar-refractivity contribution in [3.8, 4) is 0 Å². The van der Waals surface area contributed by atoms with E-state index in [1.54, 1.807) is 6.92 Å². The minimum atomic E-state index is -0.305. The summed E-state index contributed by atoms with van der Waals surface area (Å²) in [5.41, 5.74) is 1.32. The van der Waals surface area contributed by atoms with E-state index in [0.717, 1.165) is 24.4 Å². The highest BCUT2D eigenvalue weighted by Gasteiger charge is 2.19. The van der Waals surface area contributed by atoms with Crippen molar-refractivity contribution in [2.45, 2.75) is 46.5 Å². The van der Waals surface area contributed by atoms with Crippen molar-refractivity contribution >= 4 is 5.97 Å². The molecule has 1 aromatic rings. The first-order valence-electron chi connectivity index (χ1n) is 5.86. The summed E-state index contributed by atoms with van der Waals surface area (Å²) in [7, 11) is 0. The summed E-state index contributed by atoms with van der Waals surface area (Å²) in [6.07, 6.45) is 1.87. The minimum Gasteiger partial charge on any atom is -0.461 e. The molecule has 16 heavy (non-hydrogen) atoms. The minimum absolute atomic E-state index is 0.223. The molecule has 1 aromatic heterocycles. The molecule has 4 nitrogen and oxygen atoms in total. The van der Waals surface area contributed by atoms with E-state index in [-0.39, 0.29) is 11.9 Å². The van der Waals surface area contributed by atoms with Gasteiger partial charge in [-0.25, -0.2) is 9.78 Å². The SMILES string of the molecule is CCCc1nc(C(C)C)c(C(=O)OCC)[nH]1. The molecule has 0 amide bonds. The lowest BCUT2D eigenvalue weighted by atomic mass is 10.1. The number of carbonyl (C=O) groups is 1. The molecule has 1 heterocycles. The summed E-state index contributed by atoms with van der Waals surface area (Å²) in [5.74, 6) is 0.788. The number of nitrogens with zero attached hydrogens (tertiary/aromatic N) is 1. The number of hydrogen-bond acceptors (Lipinski definition) is 3. The molecule has 90 valence electrons. The summed E-state index contributed by atoms with van der Waals surface area (Å²) in [4.78, 5) is 19.2. The van der Waals surface area contributed by atoms with Gasteiger partial charge in [-0.2, -0.15) is 0 Å². The second-order valence-corrected chi connectivity index (χ2v) is 4.07. The Bertz CT molecular complexity index is 356. The standard InChI is InChI=1S/C12H20N2O2/c1-5-7-9-13-10(8(3)4)11(14-9)12(15)16-6-2/h8H,5-7H2,1-4H3,(H,13,14). The molecule has 0 saturated heterocycles. The number of hydrogen-bond donors (Lipinski definition) is 1. The van der Waals surface area contributed by atoms with Crippen LogP contribution in [0.15, 0.2) is 0 Å². The first-order valence-corrected chi connectivity index (χ1v) is 5.86. The third-order valence-electron chi connectivity index (χ3n) is 2.29. The van der Waals surface area contributed by atoms with Gasteiger partial charge >= 0.3 is 5.97 Å². The number of imidazole rings is 1. The summed E-state index contributed by atoms with van der Waals surface area (Å²) >= 11 is 0. The average Bonchev–Trinajstić information content (AvgIpc) is 2.63. The van der Waals surface area contributed by atoms with Gasteiger partial charge in [0.15, 0.2) is 0 Å². The summed E-state index contributed by atoms with van der Waals surface area (Å²) in [6, 6.07) is 0. The number of esters is 1. The number of H-pyrrole nitrogens is 1. The van der Waals surface area contributed by atoms with E-state index < -0.39 is 0 Å². The van der Waals surface area contributed by atoms with Crippen molar-refractivity contribution in [3.63, 3.8) is 0 Å². The van der Waals surface area contributed by atoms with Crippen LogP contribution in [0, 0.1) is 0 Å². The van der Waals surface area contributed by atoms with Crippen LogP contribution in [-0.4, -0.2) is 22.5 Å². The first-order chi connectivity index (χ1) is 7.60. The van der Waals surface area contributed by atoms with E-state index >= 15 is 0 Å². The molecule has 0 spiro atoms. The van der Waals surface area contributed by atoms with E-state index in [1.165, 1.54) is 0 Å². The molecule has 1 rings (SSSR count). The van der Waals surface area contributed by atoms with E-state index in [2.05, 4.69) is 16.9 Å². The molecule has 0 aromatic carbocycles. The van der Waals surface area contributed by atoms with Crippen LogP contribution < -0.4 is 0 Å². The predicted molar refractivity (Wildman–Crippen MR) is 62.6 cm³/mol. The number of carbonyl (C=O) groups excluding carboxylic acids is 1. The Balaban J connectivity index is 2.99. The fraction of sp³-hybridized carbons (Fsp3) is 0.667. The maximum absolute atomic E-state index is 11.7. The lowest BCUT2D eigenvalue weighted by Gasteiger charge is -2.04. The second-order valence-electron chi connectivity index (χ2n) is 4.07. The lowest BCUT2D eigenvalue weighted by molar-refractivity contribution is 0.0518. The maximum Gasteiger partial charge on any atom is 0.356 e. The molecular weight excluding hydrogens is 204 g/mol. The molecule has 0 aliphatic heterocycles. The molecule has 1 N–H and O–H groups in total. The Morgan fingerprint density at radius 1 is 1.44 bits per heavy atom. The monoisotopic (exact) mass is 224 g/mol. The number of aromatic amines is 1. The van der Waals surface area contributed by atoms with E-state index in [9.17, 15) is 4.79 Å². The van der Waals surface area contributed by atoms with Crippen LogP contribution in [0.1, 0.15) is 62.0 Å². The van der Waals surface area contributed by atoms with Gasteiger partial charge in [-0.3, -0.25) is 0 Å². The third kappa shape index (κ3) is 2.84. The molecule has 0 bridgehead atoms. The fourth-order valence-electron chi connectivity index (χ4n) is 1.57. The summed E-state index contributed by atoms with van der Waals surface area (Å²) in [6.45, 7) is 8.32. The molecule has 0 aliphatic carbocycles. The Morgan fingerprint density at radius 3 is 2.62 bits per heavy atom. The van der Waals surface area contributed by atoms with Crippen molar-refractivity contribution in [1.29, 1.82) is 0 Å². The zero-order chi connectivity index (χ0) is 12.1. The highest BCUT2D eigenvalue weighted by Crippen LogP contribution is 2.18. The number of aryl methyl sites for hydroxylation is 1. The van der Waals surface area contributed by atoms with Crippen LogP contribution >= 0.6 is 0 Å². The normalized spacial score (nSPS) is 10.8. The molecular formula is C12H20N2O2. The molecule has 0 atom stereocenters. The van der Waals surface area contributed by atoms with Crippen LogP contribution in [0.5, 0.6) is 0 Å². The second kappa shape index (κ2) is 5.68. The van der Waals surface area contributed by atoms with Gasteiger partial charge in [0.2, 0.25) is 0 Å². The molecule has 0 unspecified atom stereocenters. The molecule has 0 radical (unpaired) electrons. The van der Waals surface area contributed by atoms with Crippen molar-refractivity contribution in [3.05, 3.63) is 17.2 Å². The smallest absolute Gasteiger partial charge is 0.356 e. The number of ether oxygens (including phenoxy) is 1. The first kappa shape index (κ1) is 12.7. The van der Waals surface area contributed by atoms with Crippen LogP contribution in [0.4, 0.5) is 0 Å². The zero-order valence-electron chi connectivity index (χ0n) is 10.5. The Kier molecular flexibility index (Phi) is 4.52.